The Bertz CT molecular complexity index is 1470. The second-order valence-electron chi connectivity index (χ2n) is 8.42. The monoisotopic (exact) mass is 530 g/mol. The van der Waals surface area contributed by atoms with Crippen LogP contribution in [0.5, 0.6) is 28.7 Å². The average Bonchev–Trinajstić information content (AvgIpc) is 2.91. The van der Waals surface area contributed by atoms with E-state index in [1.165, 1.54) is 86.0 Å². The summed E-state index contributed by atoms with van der Waals surface area (Å²) in [5.41, 5.74) is 0.886. The molecule has 0 bridgehead atoms. The van der Waals surface area contributed by atoms with Crippen molar-refractivity contribution in [2.75, 3.05) is 7.11 Å². The number of rotatable bonds is 12. The number of para-hydroxylation sites is 1. The maximum Gasteiger partial charge on any atom is 0.219 e. The van der Waals surface area contributed by atoms with Crippen LogP contribution in [0, 0.1) is 0 Å². The number of hydrogen-bond acceptors (Lipinski definition) is 9. The first kappa shape index (κ1) is 28.4. The number of hydrogen-bond donors (Lipinski definition) is 3. The van der Waals surface area contributed by atoms with Gasteiger partial charge in [-0.25, -0.2) is 0 Å². The van der Waals surface area contributed by atoms with Crippen LogP contribution in [0.3, 0.4) is 0 Å². The SMILES string of the molecule is COc1cc(/C=C/C(=O)CC(=O)/C=C/c2ccc(O)c(OC(C(C)=O)C(=O)c3ccccc3O)c2)ccc1O. The highest BCUT2D eigenvalue weighted by Gasteiger charge is 2.29. The predicted octanol–water partition coefficient (Wildman–Crippen LogP) is 4.29. The molecule has 0 aliphatic carbocycles. The first-order valence-corrected chi connectivity index (χ1v) is 11.7. The highest BCUT2D eigenvalue weighted by Crippen LogP contribution is 2.30. The summed E-state index contributed by atoms with van der Waals surface area (Å²) >= 11 is 0. The van der Waals surface area contributed by atoms with E-state index >= 15 is 0 Å². The smallest absolute Gasteiger partial charge is 0.219 e. The molecule has 0 saturated carbocycles. The van der Waals surface area contributed by atoms with E-state index in [1.54, 1.807) is 6.07 Å². The Morgan fingerprint density at radius 3 is 1.85 bits per heavy atom. The van der Waals surface area contributed by atoms with Crippen molar-refractivity contribution >= 4 is 35.3 Å². The van der Waals surface area contributed by atoms with Gasteiger partial charge in [-0.3, -0.25) is 19.2 Å². The number of Topliss-reactive ketones (excluding diaryl/α,β-unsaturated/α-hetero) is 2. The summed E-state index contributed by atoms with van der Waals surface area (Å²) in [6, 6.07) is 14.3. The molecule has 3 aromatic carbocycles. The van der Waals surface area contributed by atoms with Crippen LogP contribution in [0.15, 0.2) is 72.8 Å². The van der Waals surface area contributed by atoms with Crippen molar-refractivity contribution in [3.05, 3.63) is 89.5 Å². The first-order valence-electron chi connectivity index (χ1n) is 11.7. The number of methoxy groups -OCH3 is 1. The van der Waals surface area contributed by atoms with Crippen molar-refractivity contribution in [3.8, 4) is 28.7 Å². The molecule has 0 spiro atoms. The van der Waals surface area contributed by atoms with Gasteiger partial charge in [-0.05, 0) is 66.6 Å². The molecule has 39 heavy (non-hydrogen) atoms. The van der Waals surface area contributed by atoms with Gasteiger partial charge in [-0.15, -0.1) is 0 Å². The second kappa shape index (κ2) is 12.9. The van der Waals surface area contributed by atoms with Crippen LogP contribution < -0.4 is 9.47 Å². The minimum Gasteiger partial charge on any atom is -0.507 e. The molecule has 9 nitrogen and oxygen atoms in total. The fourth-order valence-corrected chi connectivity index (χ4v) is 3.47. The zero-order chi connectivity index (χ0) is 28.5. The van der Waals surface area contributed by atoms with Gasteiger partial charge in [0, 0.05) is 0 Å². The summed E-state index contributed by atoms with van der Waals surface area (Å²) in [6.07, 6.45) is 3.29. The molecule has 0 fully saturated rings. The van der Waals surface area contributed by atoms with E-state index in [0.29, 0.717) is 11.1 Å². The molecule has 1 atom stereocenters. The molecule has 3 N–H and O–H groups in total. The minimum absolute atomic E-state index is 0.0389. The Morgan fingerprint density at radius 2 is 1.31 bits per heavy atom. The van der Waals surface area contributed by atoms with Crippen LogP contribution in [0.2, 0.25) is 0 Å². The Kier molecular flexibility index (Phi) is 9.37. The lowest BCUT2D eigenvalue weighted by Crippen LogP contribution is -2.34. The van der Waals surface area contributed by atoms with Gasteiger partial charge in [0.2, 0.25) is 11.9 Å². The van der Waals surface area contributed by atoms with Gasteiger partial charge < -0.3 is 24.8 Å². The number of ketones is 4. The highest BCUT2D eigenvalue weighted by atomic mass is 16.5. The molecule has 3 aromatic rings. The summed E-state index contributed by atoms with van der Waals surface area (Å²) in [7, 11) is 1.40. The lowest BCUT2D eigenvalue weighted by Gasteiger charge is -2.17. The van der Waals surface area contributed by atoms with E-state index in [2.05, 4.69) is 0 Å². The van der Waals surface area contributed by atoms with Gasteiger partial charge in [-0.2, -0.15) is 0 Å². The predicted molar refractivity (Wildman–Crippen MR) is 143 cm³/mol. The highest BCUT2D eigenvalue weighted by molar-refractivity contribution is 6.14. The third-order valence-corrected chi connectivity index (χ3v) is 5.48. The normalized spacial score (nSPS) is 11.8. The molecule has 0 aromatic heterocycles. The van der Waals surface area contributed by atoms with E-state index in [4.69, 9.17) is 9.47 Å². The number of carbonyl (C=O) groups is 4. The van der Waals surface area contributed by atoms with Gasteiger partial charge >= 0.3 is 0 Å². The van der Waals surface area contributed by atoms with Gasteiger partial charge in [-0.1, -0.05) is 36.4 Å². The maximum absolute atomic E-state index is 12.8. The number of ether oxygens (including phenoxy) is 2. The van der Waals surface area contributed by atoms with E-state index in [1.807, 2.05) is 0 Å². The number of phenols is 3. The van der Waals surface area contributed by atoms with Crippen molar-refractivity contribution in [2.45, 2.75) is 19.4 Å². The van der Waals surface area contributed by atoms with Crippen LogP contribution in [-0.4, -0.2) is 51.7 Å². The standard InChI is InChI=1S/C30H26O9/c1-18(31)30(29(37)23-5-3-4-6-24(23)34)39-28-16-20(10-14-26(28)36)8-12-22(33)17-21(32)11-7-19-9-13-25(35)27(15-19)38-2/h3-16,30,34-36H,17H2,1-2H3/b11-7+,12-8+. The summed E-state index contributed by atoms with van der Waals surface area (Å²) < 4.78 is 10.5. The first-order chi connectivity index (χ1) is 18.6. The third-order valence-electron chi connectivity index (χ3n) is 5.48. The number of aromatic hydroxyl groups is 3. The third kappa shape index (κ3) is 7.65. The fourth-order valence-electron chi connectivity index (χ4n) is 3.47. The summed E-state index contributed by atoms with van der Waals surface area (Å²) in [6.45, 7) is 1.14. The molecule has 0 saturated heterocycles. The molecule has 1 unspecified atom stereocenters. The Morgan fingerprint density at radius 1 is 0.769 bits per heavy atom. The van der Waals surface area contributed by atoms with Gasteiger partial charge in [0.05, 0.1) is 19.1 Å². The van der Waals surface area contributed by atoms with Crippen LogP contribution >= 0.6 is 0 Å². The molecular weight excluding hydrogens is 504 g/mol. The molecule has 9 heteroatoms. The summed E-state index contributed by atoms with van der Waals surface area (Å²) in [5.74, 6) is -2.99. The van der Waals surface area contributed by atoms with Gasteiger partial charge in [0.25, 0.3) is 0 Å². The van der Waals surface area contributed by atoms with E-state index in [0.717, 1.165) is 6.92 Å². The zero-order valence-corrected chi connectivity index (χ0v) is 21.2. The lowest BCUT2D eigenvalue weighted by atomic mass is 10.0. The van der Waals surface area contributed by atoms with Crippen LogP contribution in [0.25, 0.3) is 12.2 Å². The largest absolute Gasteiger partial charge is 0.507 e. The number of carbonyl (C=O) groups excluding carboxylic acids is 4. The van der Waals surface area contributed by atoms with E-state index in [-0.39, 0.29) is 34.3 Å². The minimum atomic E-state index is -1.62. The van der Waals surface area contributed by atoms with Crippen LogP contribution in [-0.2, 0) is 14.4 Å². The van der Waals surface area contributed by atoms with Gasteiger partial charge in [0.15, 0.2) is 40.3 Å². The van der Waals surface area contributed by atoms with E-state index < -0.39 is 35.7 Å². The molecular formula is C30H26O9. The number of allylic oxidation sites excluding steroid dienone is 2. The van der Waals surface area contributed by atoms with Crippen molar-refractivity contribution in [1.82, 2.24) is 0 Å². The van der Waals surface area contributed by atoms with Gasteiger partial charge in [0.1, 0.15) is 5.75 Å². The summed E-state index contributed by atoms with van der Waals surface area (Å²) in [5, 5.41) is 29.8. The van der Waals surface area contributed by atoms with Crippen molar-refractivity contribution in [3.63, 3.8) is 0 Å². The Balaban J connectivity index is 1.68. The van der Waals surface area contributed by atoms with Crippen LogP contribution in [0.4, 0.5) is 0 Å². The van der Waals surface area contributed by atoms with Crippen molar-refractivity contribution < 1.29 is 44.0 Å². The van der Waals surface area contributed by atoms with Crippen LogP contribution in [0.1, 0.15) is 34.8 Å². The van der Waals surface area contributed by atoms with Crippen molar-refractivity contribution in [2.24, 2.45) is 0 Å². The molecule has 0 radical (unpaired) electrons. The maximum atomic E-state index is 12.8. The molecule has 0 aliphatic heterocycles. The zero-order valence-electron chi connectivity index (χ0n) is 21.2. The molecule has 200 valence electrons. The van der Waals surface area contributed by atoms with E-state index in [9.17, 15) is 34.5 Å². The summed E-state index contributed by atoms with van der Waals surface area (Å²) in [4.78, 5) is 49.5. The average molecular weight is 531 g/mol. The lowest BCUT2D eigenvalue weighted by molar-refractivity contribution is -0.123. The second-order valence-corrected chi connectivity index (χ2v) is 8.42. The molecule has 0 amide bonds. The number of benzene rings is 3. The quantitative estimate of drug-likeness (QED) is 0.177. The molecule has 0 heterocycles. The molecule has 0 aliphatic rings. The number of phenolic OH excluding ortho intramolecular Hbond substituents is 3. The Labute approximate surface area is 224 Å². The Hall–Kier alpha value is -5.18. The topological polar surface area (TPSA) is 147 Å². The molecule has 3 rings (SSSR count). The van der Waals surface area contributed by atoms with Crippen molar-refractivity contribution in [1.29, 1.82) is 0 Å². The fraction of sp³-hybridized carbons (Fsp3) is 0.133.